The minimum absolute atomic E-state index is 0.0231. The van der Waals surface area contributed by atoms with Gasteiger partial charge in [0.15, 0.2) is 12.4 Å². The first kappa shape index (κ1) is 21.4. The maximum absolute atomic E-state index is 12.5. The van der Waals surface area contributed by atoms with E-state index in [0.717, 1.165) is 23.3 Å². The summed E-state index contributed by atoms with van der Waals surface area (Å²) in [6.07, 6.45) is 1.54. The van der Waals surface area contributed by atoms with Crippen LogP contribution in [0, 0.1) is 41.0 Å². The van der Waals surface area contributed by atoms with Crippen molar-refractivity contribution in [3.63, 3.8) is 0 Å². The normalized spacial score (nSPS) is 10.5. The van der Waals surface area contributed by atoms with Crippen molar-refractivity contribution >= 4 is 23.0 Å². The van der Waals surface area contributed by atoms with Gasteiger partial charge in [-0.3, -0.25) is 25.0 Å². The molecule has 0 aliphatic carbocycles. The maximum atomic E-state index is 12.5. The Bertz CT molecular complexity index is 1130. The number of aryl methyl sites for hydroxylation is 2. The van der Waals surface area contributed by atoms with Crippen molar-refractivity contribution in [3.05, 3.63) is 85.2 Å². The smallest absolute Gasteiger partial charge is 0.281 e. The van der Waals surface area contributed by atoms with Crippen molar-refractivity contribution in [2.24, 2.45) is 0 Å². The Hall–Kier alpha value is -4.28. The molecule has 0 spiro atoms. The Morgan fingerprint density at radius 2 is 1.61 bits per heavy atom. The largest absolute Gasteiger partial charge is 0.471 e. The standard InChI is InChI=1S/C20H19N5O6/c1-12-6-13(2)8-16(7-12)31-11-23-5-4-17(22-23)20(26)21-15-9-18(24(27)28)14(3)19(10-15)25(29)30/h4-10H,11H2,1-3H3,(H,21,26). The number of carbonyl (C=O) groups is 1. The van der Waals surface area contributed by atoms with E-state index < -0.39 is 27.1 Å². The zero-order valence-electron chi connectivity index (χ0n) is 17.0. The van der Waals surface area contributed by atoms with E-state index in [1.54, 1.807) is 0 Å². The van der Waals surface area contributed by atoms with Crippen molar-refractivity contribution in [2.45, 2.75) is 27.5 Å². The molecule has 3 aromatic rings. The number of hydrogen-bond acceptors (Lipinski definition) is 7. The summed E-state index contributed by atoms with van der Waals surface area (Å²) in [5, 5.41) is 28.9. The molecule has 1 N–H and O–H groups in total. The summed E-state index contributed by atoms with van der Waals surface area (Å²) in [5.74, 6) is -0.00382. The van der Waals surface area contributed by atoms with Gasteiger partial charge >= 0.3 is 0 Å². The van der Waals surface area contributed by atoms with Gasteiger partial charge in [-0.15, -0.1) is 0 Å². The first-order valence-corrected chi connectivity index (χ1v) is 9.13. The first-order chi connectivity index (χ1) is 14.6. The highest BCUT2D eigenvalue weighted by Gasteiger charge is 2.24. The molecule has 0 fully saturated rings. The number of benzene rings is 2. The Balaban J connectivity index is 1.74. The lowest BCUT2D eigenvalue weighted by atomic mass is 10.1. The predicted octanol–water partition coefficient (Wildman–Crippen LogP) is 3.91. The Morgan fingerprint density at radius 3 is 2.16 bits per heavy atom. The second-order valence-electron chi connectivity index (χ2n) is 6.95. The zero-order valence-corrected chi connectivity index (χ0v) is 17.0. The number of ether oxygens (including phenoxy) is 1. The fraction of sp³-hybridized carbons (Fsp3) is 0.200. The summed E-state index contributed by atoms with van der Waals surface area (Å²) < 4.78 is 7.09. The second-order valence-corrected chi connectivity index (χ2v) is 6.95. The lowest BCUT2D eigenvalue weighted by Gasteiger charge is -2.08. The third-order valence-corrected chi connectivity index (χ3v) is 4.44. The highest BCUT2D eigenvalue weighted by atomic mass is 16.6. The summed E-state index contributed by atoms with van der Waals surface area (Å²) in [4.78, 5) is 33.4. The zero-order chi connectivity index (χ0) is 22.7. The molecule has 0 atom stereocenters. The molecule has 0 aliphatic heterocycles. The molecule has 3 rings (SSSR count). The number of hydrogen-bond donors (Lipinski definition) is 1. The van der Waals surface area contributed by atoms with Gasteiger partial charge in [-0.05, 0) is 50.1 Å². The van der Waals surface area contributed by atoms with Gasteiger partial charge in [0, 0.05) is 18.3 Å². The Morgan fingerprint density at radius 1 is 1.03 bits per heavy atom. The highest BCUT2D eigenvalue weighted by Crippen LogP contribution is 2.31. The van der Waals surface area contributed by atoms with Crippen molar-refractivity contribution < 1.29 is 19.4 Å². The molecule has 31 heavy (non-hydrogen) atoms. The number of nitrogens with one attached hydrogen (secondary N) is 1. The van der Waals surface area contributed by atoms with E-state index in [1.807, 2.05) is 32.0 Å². The molecule has 1 heterocycles. The molecule has 1 aromatic heterocycles. The fourth-order valence-electron chi connectivity index (χ4n) is 3.04. The monoisotopic (exact) mass is 425 g/mol. The van der Waals surface area contributed by atoms with E-state index in [1.165, 1.54) is 23.9 Å². The van der Waals surface area contributed by atoms with Crippen LogP contribution in [0.25, 0.3) is 0 Å². The molecule has 1 amide bonds. The lowest BCUT2D eigenvalue weighted by molar-refractivity contribution is -0.395. The molecule has 11 heteroatoms. The van der Waals surface area contributed by atoms with Crippen molar-refractivity contribution in [1.82, 2.24) is 9.78 Å². The number of amides is 1. The van der Waals surface area contributed by atoms with E-state index in [-0.39, 0.29) is 23.7 Å². The van der Waals surface area contributed by atoms with Crippen LogP contribution in [-0.2, 0) is 6.73 Å². The van der Waals surface area contributed by atoms with E-state index in [2.05, 4.69) is 10.4 Å². The molecular formula is C20H19N5O6. The molecule has 2 aromatic carbocycles. The van der Waals surface area contributed by atoms with E-state index >= 15 is 0 Å². The van der Waals surface area contributed by atoms with Gasteiger partial charge in [-0.2, -0.15) is 5.10 Å². The number of nitrogens with zero attached hydrogens (tertiary/aromatic N) is 4. The van der Waals surface area contributed by atoms with Gasteiger partial charge in [0.1, 0.15) is 11.3 Å². The SMILES string of the molecule is Cc1cc(C)cc(OCn2ccc(C(=O)Nc3cc([N+](=O)[O-])c(C)c([N+](=O)[O-])c3)n2)c1. The quantitative estimate of drug-likeness (QED) is 0.446. The van der Waals surface area contributed by atoms with Crippen LogP contribution in [0.3, 0.4) is 0 Å². The molecule has 160 valence electrons. The molecule has 11 nitrogen and oxygen atoms in total. The van der Waals surface area contributed by atoms with Crippen LogP contribution in [0.15, 0.2) is 42.6 Å². The summed E-state index contributed by atoms with van der Waals surface area (Å²) in [6.45, 7) is 5.25. The van der Waals surface area contributed by atoms with Crippen molar-refractivity contribution in [1.29, 1.82) is 0 Å². The summed E-state index contributed by atoms with van der Waals surface area (Å²) in [6, 6.07) is 9.35. The van der Waals surface area contributed by atoms with Crippen LogP contribution >= 0.6 is 0 Å². The number of rotatable bonds is 7. The molecule has 0 saturated heterocycles. The number of nitro benzene ring substituents is 2. The highest BCUT2D eigenvalue weighted by molar-refractivity contribution is 6.03. The van der Waals surface area contributed by atoms with Crippen LogP contribution in [0.2, 0.25) is 0 Å². The average Bonchev–Trinajstić information content (AvgIpc) is 3.15. The molecule has 0 unspecified atom stereocenters. The van der Waals surface area contributed by atoms with Crippen LogP contribution in [0.4, 0.5) is 17.1 Å². The van der Waals surface area contributed by atoms with E-state index in [0.29, 0.717) is 5.75 Å². The van der Waals surface area contributed by atoms with Crippen LogP contribution in [-0.4, -0.2) is 25.5 Å². The van der Waals surface area contributed by atoms with Gasteiger partial charge in [0.25, 0.3) is 17.3 Å². The van der Waals surface area contributed by atoms with Crippen LogP contribution < -0.4 is 10.1 Å². The molecule has 0 saturated carbocycles. The number of aromatic nitrogens is 2. The third-order valence-electron chi connectivity index (χ3n) is 4.44. The lowest BCUT2D eigenvalue weighted by Crippen LogP contribution is -2.15. The summed E-state index contributed by atoms with van der Waals surface area (Å²) in [7, 11) is 0. The van der Waals surface area contributed by atoms with Crippen LogP contribution in [0.1, 0.15) is 27.2 Å². The summed E-state index contributed by atoms with van der Waals surface area (Å²) in [5.41, 5.74) is 1.04. The Labute approximate surface area is 176 Å². The minimum Gasteiger partial charge on any atom is -0.471 e. The second kappa shape index (κ2) is 8.61. The van der Waals surface area contributed by atoms with Gasteiger partial charge in [0.05, 0.1) is 15.5 Å². The Kier molecular flexibility index (Phi) is 5.95. The molecule has 0 aliphatic rings. The van der Waals surface area contributed by atoms with Gasteiger partial charge < -0.3 is 10.1 Å². The van der Waals surface area contributed by atoms with Gasteiger partial charge in [-0.1, -0.05) is 6.07 Å². The topological polar surface area (TPSA) is 142 Å². The first-order valence-electron chi connectivity index (χ1n) is 9.13. The molecule has 0 bridgehead atoms. The molecular weight excluding hydrogens is 406 g/mol. The van der Waals surface area contributed by atoms with E-state index in [9.17, 15) is 25.0 Å². The number of nitro groups is 2. The molecule has 0 radical (unpaired) electrons. The van der Waals surface area contributed by atoms with Crippen molar-refractivity contribution in [3.8, 4) is 5.75 Å². The van der Waals surface area contributed by atoms with Crippen LogP contribution in [0.5, 0.6) is 5.75 Å². The predicted molar refractivity (Wildman–Crippen MR) is 111 cm³/mol. The number of anilines is 1. The third kappa shape index (κ3) is 5.01. The van der Waals surface area contributed by atoms with Gasteiger partial charge in [0.2, 0.25) is 0 Å². The summed E-state index contributed by atoms with van der Waals surface area (Å²) >= 11 is 0. The van der Waals surface area contributed by atoms with Gasteiger partial charge in [-0.25, -0.2) is 4.68 Å². The average molecular weight is 425 g/mol. The minimum atomic E-state index is -0.739. The maximum Gasteiger partial charge on any atom is 0.281 e. The number of carbonyl (C=O) groups excluding carboxylic acids is 1. The fourth-order valence-corrected chi connectivity index (χ4v) is 3.04. The van der Waals surface area contributed by atoms with E-state index in [4.69, 9.17) is 4.74 Å². The van der Waals surface area contributed by atoms with Crippen molar-refractivity contribution in [2.75, 3.05) is 5.32 Å².